The maximum atomic E-state index is 11.7. The van der Waals surface area contributed by atoms with Crippen LogP contribution in [0.15, 0.2) is 18.6 Å². The molecule has 1 saturated heterocycles. The fourth-order valence-corrected chi connectivity index (χ4v) is 2.10. The lowest BCUT2D eigenvalue weighted by Crippen LogP contribution is -2.44. The molecule has 0 spiro atoms. The maximum Gasteiger partial charge on any atom is 0.240 e. The molecule has 1 amide bonds. The van der Waals surface area contributed by atoms with Gasteiger partial charge in [-0.2, -0.15) is 0 Å². The summed E-state index contributed by atoms with van der Waals surface area (Å²) in [6.45, 7) is 3.06. The Kier molecular flexibility index (Phi) is 4.36. The fourth-order valence-electron chi connectivity index (χ4n) is 1.96. The van der Waals surface area contributed by atoms with Gasteiger partial charge in [0.05, 0.1) is 6.20 Å². The number of nitrogens with zero attached hydrogens (tertiary/aromatic N) is 3. The second kappa shape index (κ2) is 6.00. The molecule has 0 radical (unpaired) electrons. The molecule has 6 heteroatoms. The summed E-state index contributed by atoms with van der Waals surface area (Å²) >= 11 is 5.79. The summed E-state index contributed by atoms with van der Waals surface area (Å²) in [6.07, 6.45) is 6.49. The molecule has 1 fully saturated rings. The van der Waals surface area contributed by atoms with Gasteiger partial charge in [-0.05, 0) is 6.92 Å². The highest BCUT2D eigenvalue weighted by Crippen LogP contribution is 2.17. The molecule has 0 N–H and O–H groups in total. The van der Waals surface area contributed by atoms with Crippen molar-refractivity contribution in [3.8, 4) is 5.88 Å². The Morgan fingerprint density at radius 1 is 1.50 bits per heavy atom. The molecule has 5 nitrogen and oxygen atoms in total. The summed E-state index contributed by atoms with van der Waals surface area (Å²) in [6, 6.07) is 0. The second-order valence-corrected chi connectivity index (χ2v) is 4.96. The summed E-state index contributed by atoms with van der Waals surface area (Å²) in [5, 5.41) is -0.456. The lowest BCUT2D eigenvalue weighted by Gasteiger charge is -2.32. The Morgan fingerprint density at radius 2 is 2.22 bits per heavy atom. The summed E-state index contributed by atoms with van der Waals surface area (Å²) in [7, 11) is 0. The van der Waals surface area contributed by atoms with Crippen molar-refractivity contribution in [2.24, 2.45) is 0 Å². The van der Waals surface area contributed by atoms with Gasteiger partial charge in [-0.25, -0.2) is 4.98 Å². The van der Waals surface area contributed by atoms with Gasteiger partial charge in [-0.15, -0.1) is 11.6 Å². The third-order valence-corrected chi connectivity index (χ3v) is 3.11. The molecule has 1 aromatic heterocycles. The van der Waals surface area contributed by atoms with Gasteiger partial charge in [0.1, 0.15) is 11.5 Å². The number of carbonyl (C=O) groups excluding carboxylic acids is 1. The van der Waals surface area contributed by atoms with Gasteiger partial charge < -0.3 is 9.64 Å². The number of piperidine rings is 1. The quantitative estimate of drug-likeness (QED) is 0.780. The molecule has 0 aromatic carbocycles. The van der Waals surface area contributed by atoms with E-state index >= 15 is 0 Å². The van der Waals surface area contributed by atoms with Crippen molar-refractivity contribution >= 4 is 17.5 Å². The van der Waals surface area contributed by atoms with Crippen molar-refractivity contribution in [1.82, 2.24) is 14.9 Å². The number of aromatic nitrogens is 2. The molecule has 1 atom stereocenters. The van der Waals surface area contributed by atoms with E-state index in [0.717, 1.165) is 12.8 Å². The first kappa shape index (κ1) is 13.1. The van der Waals surface area contributed by atoms with Crippen molar-refractivity contribution in [3.63, 3.8) is 0 Å². The van der Waals surface area contributed by atoms with E-state index in [1.54, 1.807) is 30.4 Å². The molecule has 98 valence electrons. The van der Waals surface area contributed by atoms with Gasteiger partial charge in [0.2, 0.25) is 11.8 Å². The fraction of sp³-hybridized carbons (Fsp3) is 0.583. The van der Waals surface area contributed by atoms with Crippen LogP contribution in [0.2, 0.25) is 0 Å². The van der Waals surface area contributed by atoms with E-state index in [2.05, 4.69) is 9.97 Å². The van der Waals surface area contributed by atoms with E-state index in [0.29, 0.717) is 19.0 Å². The van der Waals surface area contributed by atoms with Crippen LogP contribution in [0, 0.1) is 0 Å². The number of amides is 1. The minimum absolute atomic E-state index is 0.00498. The minimum atomic E-state index is -0.456. The van der Waals surface area contributed by atoms with Crippen LogP contribution in [0.5, 0.6) is 5.88 Å². The van der Waals surface area contributed by atoms with E-state index < -0.39 is 5.38 Å². The first-order valence-corrected chi connectivity index (χ1v) is 6.46. The Hall–Kier alpha value is -1.36. The SMILES string of the molecule is CC(Cl)C(=O)N1CCC(Oc2cnccn2)CC1. The van der Waals surface area contributed by atoms with Crippen LogP contribution in [0.1, 0.15) is 19.8 Å². The maximum absolute atomic E-state index is 11.7. The monoisotopic (exact) mass is 269 g/mol. The van der Waals surface area contributed by atoms with E-state index in [4.69, 9.17) is 16.3 Å². The van der Waals surface area contributed by atoms with Crippen LogP contribution < -0.4 is 4.74 Å². The highest BCUT2D eigenvalue weighted by molar-refractivity contribution is 6.30. The lowest BCUT2D eigenvalue weighted by molar-refractivity contribution is -0.132. The average molecular weight is 270 g/mol. The molecular formula is C12H16ClN3O2. The van der Waals surface area contributed by atoms with Gasteiger partial charge >= 0.3 is 0 Å². The number of rotatable bonds is 3. The summed E-state index contributed by atoms with van der Waals surface area (Å²) < 4.78 is 5.70. The molecule has 2 heterocycles. The van der Waals surface area contributed by atoms with Crippen molar-refractivity contribution in [2.75, 3.05) is 13.1 Å². The van der Waals surface area contributed by atoms with Crippen LogP contribution in [-0.4, -0.2) is 45.3 Å². The summed E-state index contributed by atoms with van der Waals surface area (Å²) in [5.74, 6) is 0.530. The molecule has 1 unspecified atom stereocenters. The lowest BCUT2D eigenvalue weighted by atomic mass is 10.1. The molecule has 1 aliphatic rings. The van der Waals surface area contributed by atoms with Gasteiger partial charge in [-0.1, -0.05) is 0 Å². The Labute approximate surface area is 111 Å². The zero-order valence-electron chi connectivity index (χ0n) is 10.3. The summed E-state index contributed by atoms with van der Waals surface area (Å²) in [4.78, 5) is 21.5. The van der Waals surface area contributed by atoms with Crippen molar-refractivity contribution in [2.45, 2.75) is 31.2 Å². The van der Waals surface area contributed by atoms with E-state index in [1.807, 2.05) is 0 Å². The number of alkyl halides is 1. The molecule has 1 aliphatic heterocycles. The molecule has 2 rings (SSSR count). The second-order valence-electron chi connectivity index (χ2n) is 4.30. The van der Waals surface area contributed by atoms with Crippen molar-refractivity contribution in [3.05, 3.63) is 18.6 Å². The third-order valence-electron chi connectivity index (χ3n) is 2.92. The molecule has 0 saturated carbocycles. The molecule has 0 bridgehead atoms. The standard InChI is InChI=1S/C12H16ClN3O2/c1-9(13)12(17)16-6-2-10(3-7-16)18-11-8-14-4-5-15-11/h4-5,8-10H,2-3,6-7H2,1H3. The first-order chi connectivity index (χ1) is 8.66. The Balaban J connectivity index is 1.82. The van der Waals surface area contributed by atoms with Gasteiger partial charge in [0.25, 0.3) is 0 Å². The number of hydrogen-bond donors (Lipinski definition) is 0. The van der Waals surface area contributed by atoms with Gasteiger partial charge in [0.15, 0.2) is 0 Å². The van der Waals surface area contributed by atoms with E-state index in [-0.39, 0.29) is 12.0 Å². The average Bonchev–Trinajstić information content (AvgIpc) is 2.40. The Morgan fingerprint density at radius 3 is 2.78 bits per heavy atom. The number of hydrogen-bond acceptors (Lipinski definition) is 4. The first-order valence-electron chi connectivity index (χ1n) is 6.02. The zero-order chi connectivity index (χ0) is 13.0. The normalized spacial score (nSPS) is 18.4. The smallest absolute Gasteiger partial charge is 0.240 e. The van der Waals surface area contributed by atoms with Gasteiger partial charge in [0, 0.05) is 38.3 Å². The van der Waals surface area contributed by atoms with Crippen LogP contribution in [0.3, 0.4) is 0 Å². The molecule has 1 aromatic rings. The van der Waals surface area contributed by atoms with E-state index in [9.17, 15) is 4.79 Å². The number of halogens is 1. The number of carbonyl (C=O) groups is 1. The largest absolute Gasteiger partial charge is 0.473 e. The highest BCUT2D eigenvalue weighted by Gasteiger charge is 2.26. The topological polar surface area (TPSA) is 55.3 Å². The summed E-state index contributed by atoms with van der Waals surface area (Å²) in [5.41, 5.74) is 0. The zero-order valence-corrected chi connectivity index (χ0v) is 11.0. The van der Waals surface area contributed by atoms with Crippen LogP contribution in [-0.2, 0) is 4.79 Å². The molecular weight excluding hydrogens is 254 g/mol. The number of likely N-dealkylation sites (tertiary alicyclic amines) is 1. The predicted molar refractivity (Wildman–Crippen MR) is 67.6 cm³/mol. The van der Waals surface area contributed by atoms with Crippen molar-refractivity contribution in [1.29, 1.82) is 0 Å². The molecule has 0 aliphatic carbocycles. The predicted octanol–water partition coefficient (Wildman–Crippen LogP) is 1.47. The van der Waals surface area contributed by atoms with Crippen molar-refractivity contribution < 1.29 is 9.53 Å². The Bertz CT molecular complexity index is 392. The van der Waals surface area contributed by atoms with Crippen LogP contribution in [0.25, 0.3) is 0 Å². The molecule has 18 heavy (non-hydrogen) atoms. The van der Waals surface area contributed by atoms with Crippen LogP contribution in [0.4, 0.5) is 0 Å². The van der Waals surface area contributed by atoms with Crippen LogP contribution >= 0.6 is 11.6 Å². The van der Waals surface area contributed by atoms with E-state index in [1.165, 1.54) is 0 Å². The number of ether oxygens (including phenoxy) is 1. The van der Waals surface area contributed by atoms with Gasteiger partial charge in [-0.3, -0.25) is 9.78 Å². The highest BCUT2D eigenvalue weighted by atomic mass is 35.5. The third kappa shape index (κ3) is 3.32. The minimum Gasteiger partial charge on any atom is -0.473 e.